The normalized spacial score (nSPS) is 13.3. The van der Waals surface area contributed by atoms with Crippen LogP contribution in [0.2, 0.25) is 0 Å². The fourth-order valence-electron chi connectivity index (χ4n) is 3.14. The number of hydroxylamine groups is 2. The molecule has 0 aliphatic carbocycles. The minimum absolute atomic E-state index is 0.0637. The van der Waals surface area contributed by atoms with Gasteiger partial charge in [-0.3, -0.25) is 9.59 Å². The van der Waals surface area contributed by atoms with Crippen molar-refractivity contribution in [2.24, 2.45) is 0 Å². The molecule has 1 aromatic heterocycles. The highest BCUT2D eigenvalue weighted by atomic mass is 16.7. The van der Waals surface area contributed by atoms with Gasteiger partial charge in [-0.15, -0.1) is 0 Å². The predicted molar refractivity (Wildman–Crippen MR) is 94.4 cm³/mol. The molecule has 1 N–H and O–H groups in total. The van der Waals surface area contributed by atoms with Gasteiger partial charge in [-0.2, -0.15) is 0 Å². The van der Waals surface area contributed by atoms with E-state index in [0.717, 1.165) is 22.0 Å². The molecule has 130 valence electrons. The topological polar surface area (TPSA) is 79.5 Å². The smallest absolute Gasteiger partial charge is 0.333 e. The molecule has 0 spiro atoms. The molecule has 6 nitrogen and oxygen atoms in total. The van der Waals surface area contributed by atoms with Gasteiger partial charge in [-0.1, -0.05) is 29.3 Å². The third-order valence-electron chi connectivity index (χ3n) is 4.47. The Hall–Kier alpha value is -3.41. The number of carbonyl (C=O) groups is 3. The number of fused-ring (bicyclic) bond motifs is 2. The quantitative estimate of drug-likeness (QED) is 0.735. The molecular weight excluding hydrogens is 332 g/mol. The van der Waals surface area contributed by atoms with Crippen molar-refractivity contribution in [1.29, 1.82) is 0 Å². The van der Waals surface area contributed by atoms with E-state index in [0.29, 0.717) is 11.5 Å². The van der Waals surface area contributed by atoms with Crippen molar-refractivity contribution in [1.82, 2.24) is 10.0 Å². The summed E-state index contributed by atoms with van der Waals surface area (Å²) in [5, 5.41) is 1.59. The van der Waals surface area contributed by atoms with Gasteiger partial charge >= 0.3 is 5.97 Å². The zero-order valence-electron chi connectivity index (χ0n) is 14.1. The molecule has 4 rings (SSSR count). The van der Waals surface area contributed by atoms with Crippen LogP contribution in [-0.2, 0) is 16.1 Å². The first-order chi connectivity index (χ1) is 12.5. The van der Waals surface area contributed by atoms with Crippen molar-refractivity contribution in [3.63, 3.8) is 0 Å². The largest absolute Gasteiger partial charge is 0.361 e. The van der Waals surface area contributed by atoms with Crippen molar-refractivity contribution in [3.05, 3.63) is 70.9 Å². The number of benzene rings is 2. The molecule has 0 fully saturated rings. The molecule has 0 saturated carbocycles. The van der Waals surface area contributed by atoms with E-state index in [1.807, 2.05) is 31.3 Å². The predicted octanol–water partition coefficient (Wildman–Crippen LogP) is 3.16. The fourth-order valence-corrected chi connectivity index (χ4v) is 3.14. The molecule has 2 aromatic carbocycles. The summed E-state index contributed by atoms with van der Waals surface area (Å²) >= 11 is 0. The van der Waals surface area contributed by atoms with E-state index in [1.165, 1.54) is 12.1 Å². The zero-order valence-corrected chi connectivity index (χ0v) is 14.1. The van der Waals surface area contributed by atoms with Gasteiger partial charge in [0.2, 0.25) is 0 Å². The third-order valence-corrected chi connectivity index (χ3v) is 4.47. The number of amides is 2. The van der Waals surface area contributed by atoms with Crippen molar-refractivity contribution in [3.8, 4) is 0 Å². The Bertz CT molecular complexity index is 1020. The SMILES string of the molecule is Cc1ccc2c(CCC(=O)ON3C(=O)c4ccccc4C3=O)c[nH]c2c1. The minimum atomic E-state index is -0.624. The van der Waals surface area contributed by atoms with Crippen LogP contribution >= 0.6 is 0 Å². The Labute approximate surface area is 149 Å². The number of aromatic nitrogens is 1. The van der Waals surface area contributed by atoms with Gasteiger partial charge in [0, 0.05) is 17.1 Å². The summed E-state index contributed by atoms with van der Waals surface area (Å²) in [7, 11) is 0. The van der Waals surface area contributed by atoms with Gasteiger partial charge in [-0.25, -0.2) is 4.79 Å². The summed E-state index contributed by atoms with van der Waals surface area (Å²) in [5.74, 6) is -1.84. The van der Waals surface area contributed by atoms with Gasteiger partial charge in [0.1, 0.15) is 0 Å². The first kappa shape index (κ1) is 16.1. The van der Waals surface area contributed by atoms with Crippen LogP contribution in [-0.4, -0.2) is 27.8 Å². The van der Waals surface area contributed by atoms with Crippen molar-refractivity contribution >= 4 is 28.7 Å². The standard InChI is InChI=1S/C20H16N2O4/c1-12-6-8-14-13(11-21-17(14)10-12)7-9-18(23)26-22-19(24)15-4-2-3-5-16(15)20(22)25/h2-6,8,10-11,21H,7,9H2,1H3. The lowest BCUT2D eigenvalue weighted by Gasteiger charge is -2.12. The highest BCUT2D eigenvalue weighted by Crippen LogP contribution is 2.24. The number of imide groups is 1. The van der Waals surface area contributed by atoms with Gasteiger partial charge < -0.3 is 9.82 Å². The number of H-pyrrole nitrogens is 1. The van der Waals surface area contributed by atoms with E-state index in [4.69, 9.17) is 4.84 Å². The number of rotatable bonds is 4. The Morgan fingerprint density at radius 2 is 1.77 bits per heavy atom. The molecule has 0 saturated heterocycles. The van der Waals surface area contributed by atoms with Crippen LogP contribution in [0.15, 0.2) is 48.7 Å². The summed E-state index contributed by atoms with van der Waals surface area (Å²) in [6.07, 6.45) is 2.37. The molecule has 0 bridgehead atoms. The van der Waals surface area contributed by atoms with E-state index >= 15 is 0 Å². The highest BCUT2D eigenvalue weighted by molar-refractivity contribution is 6.20. The lowest BCUT2D eigenvalue weighted by Crippen LogP contribution is -2.32. The number of nitrogens with one attached hydrogen (secondary N) is 1. The van der Waals surface area contributed by atoms with Crippen LogP contribution < -0.4 is 0 Å². The molecule has 2 amide bonds. The molecule has 1 aliphatic rings. The molecule has 2 heterocycles. The van der Waals surface area contributed by atoms with Crippen molar-refractivity contribution in [2.75, 3.05) is 0 Å². The van der Waals surface area contributed by atoms with Gasteiger partial charge in [0.15, 0.2) is 0 Å². The summed E-state index contributed by atoms with van der Waals surface area (Å²) < 4.78 is 0. The summed E-state index contributed by atoms with van der Waals surface area (Å²) in [5.41, 5.74) is 3.64. The second-order valence-electron chi connectivity index (χ2n) is 6.28. The highest BCUT2D eigenvalue weighted by Gasteiger charge is 2.38. The average Bonchev–Trinajstić information content (AvgIpc) is 3.14. The number of carbonyl (C=O) groups excluding carboxylic acids is 3. The van der Waals surface area contributed by atoms with Crippen molar-refractivity contribution < 1.29 is 19.2 Å². The van der Waals surface area contributed by atoms with Crippen LogP contribution in [0, 0.1) is 6.92 Å². The number of aryl methyl sites for hydroxylation is 2. The van der Waals surface area contributed by atoms with Gasteiger partial charge in [-0.05, 0) is 42.7 Å². The summed E-state index contributed by atoms with van der Waals surface area (Å²) in [6.45, 7) is 2.01. The number of hydrogen-bond donors (Lipinski definition) is 1. The molecule has 0 atom stereocenters. The molecular formula is C20H16N2O4. The lowest BCUT2D eigenvalue weighted by atomic mass is 10.1. The fraction of sp³-hybridized carbons (Fsp3) is 0.150. The maximum Gasteiger partial charge on any atom is 0.333 e. The maximum absolute atomic E-state index is 12.2. The molecule has 6 heteroatoms. The van der Waals surface area contributed by atoms with Gasteiger partial charge in [0.05, 0.1) is 17.5 Å². The molecule has 1 aliphatic heterocycles. The number of aromatic amines is 1. The number of hydrogen-bond acceptors (Lipinski definition) is 4. The van der Waals surface area contributed by atoms with E-state index < -0.39 is 17.8 Å². The third kappa shape index (κ3) is 2.65. The van der Waals surface area contributed by atoms with Crippen LogP contribution in [0.3, 0.4) is 0 Å². The minimum Gasteiger partial charge on any atom is -0.361 e. The lowest BCUT2D eigenvalue weighted by molar-refractivity contribution is -0.168. The maximum atomic E-state index is 12.2. The van der Waals surface area contributed by atoms with E-state index in [-0.39, 0.29) is 17.5 Å². The first-order valence-electron chi connectivity index (χ1n) is 8.30. The Balaban J connectivity index is 1.43. The summed E-state index contributed by atoms with van der Waals surface area (Å²) in [4.78, 5) is 44.8. The van der Waals surface area contributed by atoms with Crippen molar-refractivity contribution in [2.45, 2.75) is 19.8 Å². The Kier molecular flexibility index (Phi) is 3.80. The molecule has 26 heavy (non-hydrogen) atoms. The van der Waals surface area contributed by atoms with E-state index in [9.17, 15) is 14.4 Å². The second-order valence-corrected chi connectivity index (χ2v) is 6.28. The molecule has 0 radical (unpaired) electrons. The second kappa shape index (κ2) is 6.15. The van der Waals surface area contributed by atoms with Gasteiger partial charge in [0.25, 0.3) is 11.8 Å². The van der Waals surface area contributed by atoms with Crippen LogP contribution in [0.4, 0.5) is 0 Å². The molecule has 0 unspecified atom stereocenters. The van der Waals surface area contributed by atoms with Crippen LogP contribution in [0.1, 0.15) is 38.3 Å². The average molecular weight is 348 g/mol. The number of nitrogens with zero attached hydrogens (tertiary/aromatic N) is 1. The zero-order chi connectivity index (χ0) is 18.3. The monoisotopic (exact) mass is 348 g/mol. The Morgan fingerprint density at radius 1 is 1.08 bits per heavy atom. The Morgan fingerprint density at radius 3 is 2.46 bits per heavy atom. The van der Waals surface area contributed by atoms with E-state index in [2.05, 4.69) is 4.98 Å². The summed E-state index contributed by atoms with van der Waals surface area (Å²) in [6, 6.07) is 12.5. The van der Waals surface area contributed by atoms with Crippen LogP contribution in [0.5, 0.6) is 0 Å². The molecule has 3 aromatic rings. The van der Waals surface area contributed by atoms with E-state index in [1.54, 1.807) is 12.1 Å². The first-order valence-corrected chi connectivity index (χ1v) is 8.30. The van der Waals surface area contributed by atoms with Crippen LogP contribution in [0.25, 0.3) is 10.9 Å².